The zero-order valence-electron chi connectivity index (χ0n) is 13.4. The van der Waals surface area contributed by atoms with E-state index in [9.17, 15) is 9.59 Å². The molecule has 0 atom stereocenters. The molecule has 2 aromatic rings. The number of hydrazone groups is 1. The highest BCUT2D eigenvalue weighted by molar-refractivity contribution is 6.39. The number of nitrogens with zero attached hydrogens (tertiary/aromatic N) is 1. The molecule has 2 N–H and O–H groups in total. The molecule has 0 heterocycles. The van der Waals surface area contributed by atoms with Crippen molar-refractivity contribution in [1.29, 1.82) is 0 Å². The third-order valence-corrected chi connectivity index (χ3v) is 3.30. The molecule has 2 rings (SSSR count). The van der Waals surface area contributed by atoms with E-state index in [2.05, 4.69) is 15.8 Å². The van der Waals surface area contributed by atoms with E-state index in [1.807, 2.05) is 63.2 Å². The zero-order valence-corrected chi connectivity index (χ0v) is 13.4. The SMILES string of the molecule is Cc1ccc(/C=N/NC(=O)C(=O)Nc2cc(C)ccc2C)cc1. The van der Waals surface area contributed by atoms with Gasteiger partial charge in [-0.3, -0.25) is 9.59 Å². The first-order valence-electron chi connectivity index (χ1n) is 7.24. The van der Waals surface area contributed by atoms with Crippen molar-refractivity contribution in [2.75, 3.05) is 5.32 Å². The van der Waals surface area contributed by atoms with Gasteiger partial charge >= 0.3 is 11.8 Å². The van der Waals surface area contributed by atoms with Gasteiger partial charge < -0.3 is 5.32 Å². The lowest BCUT2D eigenvalue weighted by Gasteiger charge is -2.08. The predicted octanol–water partition coefficient (Wildman–Crippen LogP) is 2.70. The summed E-state index contributed by atoms with van der Waals surface area (Å²) in [7, 11) is 0. The van der Waals surface area contributed by atoms with Crippen molar-refractivity contribution in [2.24, 2.45) is 5.10 Å². The number of carbonyl (C=O) groups is 2. The lowest BCUT2D eigenvalue weighted by atomic mass is 10.1. The number of hydrogen-bond acceptors (Lipinski definition) is 3. The summed E-state index contributed by atoms with van der Waals surface area (Å²) in [5, 5.41) is 6.37. The van der Waals surface area contributed by atoms with E-state index in [0.29, 0.717) is 5.69 Å². The Hall–Kier alpha value is -2.95. The summed E-state index contributed by atoms with van der Waals surface area (Å²) >= 11 is 0. The van der Waals surface area contributed by atoms with E-state index in [-0.39, 0.29) is 0 Å². The first-order chi connectivity index (χ1) is 11.0. The quantitative estimate of drug-likeness (QED) is 0.520. The van der Waals surface area contributed by atoms with Gasteiger partial charge in [-0.2, -0.15) is 5.10 Å². The minimum absolute atomic E-state index is 0.618. The Bertz CT molecular complexity index is 749. The van der Waals surface area contributed by atoms with Crippen LogP contribution in [-0.4, -0.2) is 18.0 Å². The molecule has 0 saturated carbocycles. The molecule has 2 amide bonds. The minimum atomic E-state index is -0.811. The summed E-state index contributed by atoms with van der Waals surface area (Å²) in [4.78, 5) is 23.6. The number of anilines is 1. The second-order valence-corrected chi connectivity index (χ2v) is 5.38. The highest BCUT2D eigenvalue weighted by Gasteiger charge is 2.13. The fourth-order valence-electron chi connectivity index (χ4n) is 1.92. The molecule has 0 bridgehead atoms. The van der Waals surface area contributed by atoms with Gasteiger partial charge in [-0.05, 0) is 43.5 Å². The average Bonchev–Trinajstić information content (AvgIpc) is 2.52. The van der Waals surface area contributed by atoms with Crippen molar-refractivity contribution in [3.63, 3.8) is 0 Å². The van der Waals surface area contributed by atoms with Crippen molar-refractivity contribution in [1.82, 2.24) is 5.43 Å². The van der Waals surface area contributed by atoms with Crippen LogP contribution < -0.4 is 10.7 Å². The van der Waals surface area contributed by atoms with Gasteiger partial charge in [0, 0.05) is 5.69 Å². The summed E-state index contributed by atoms with van der Waals surface area (Å²) < 4.78 is 0. The lowest BCUT2D eigenvalue weighted by molar-refractivity contribution is -0.136. The molecule has 0 saturated heterocycles. The van der Waals surface area contributed by atoms with E-state index in [1.54, 1.807) is 0 Å². The normalized spacial score (nSPS) is 10.6. The van der Waals surface area contributed by atoms with Crippen molar-refractivity contribution < 1.29 is 9.59 Å². The third kappa shape index (κ3) is 4.78. The number of amides is 2. The number of aryl methyl sites for hydroxylation is 3. The molecule has 0 aliphatic heterocycles. The number of nitrogens with one attached hydrogen (secondary N) is 2. The van der Waals surface area contributed by atoms with E-state index in [1.165, 1.54) is 6.21 Å². The van der Waals surface area contributed by atoms with Gasteiger partial charge in [-0.25, -0.2) is 5.43 Å². The van der Waals surface area contributed by atoms with E-state index in [4.69, 9.17) is 0 Å². The maximum atomic E-state index is 11.9. The summed E-state index contributed by atoms with van der Waals surface area (Å²) in [6.45, 7) is 5.77. The van der Waals surface area contributed by atoms with Crippen LogP contribution in [0.15, 0.2) is 47.6 Å². The van der Waals surface area contributed by atoms with Gasteiger partial charge in [0.05, 0.1) is 6.21 Å². The standard InChI is InChI=1S/C18H19N3O2/c1-12-5-8-15(9-6-12)11-19-21-18(23)17(22)20-16-10-13(2)4-7-14(16)3/h4-11H,1-3H3,(H,20,22)(H,21,23)/b19-11+. The molecule has 5 nitrogen and oxygen atoms in total. The van der Waals surface area contributed by atoms with Gasteiger partial charge in [0.25, 0.3) is 0 Å². The second kappa shape index (κ2) is 7.35. The predicted molar refractivity (Wildman–Crippen MR) is 91.5 cm³/mol. The van der Waals surface area contributed by atoms with E-state index < -0.39 is 11.8 Å². The van der Waals surface area contributed by atoms with E-state index >= 15 is 0 Å². The third-order valence-electron chi connectivity index (χ3n) is 3.30. The fraction of sp³-hybridized carbons (Fsp3) is 0.167. The highest BCUT2D eigenvalue weighted by Crippen LogP contribution is 2.16. The van der Waals surface area contributed by atoms with Gasteiger partial charge in [0.1, 0.15) is 0 Å². The average molecular weight is 309 g/mol. The Kier molecular flexibility index (Phi) is 5.25. The monoisotopic (exact) mass is 309 g/mol. The van der Waals surface area contributed by atoms with Crippen LogP contribution in [0, 0.1) is 20.8 Å². The zero-order chi connectivity index (χ0) is 16.8. The molecular weight excluding hydrogens is 290 g/mol. The summed E-state index contributed by atoms with van der Waals surface area (Å²) in [5.41, 5.74) is 6.71. The number of benzene rings is 2. The maximum Gasteiger partial charge on any atom is 0.329 e. The Labute approximate surface area is 135 Å². The Morgan fingerprint density at radius 2 is 1.57 bits per heavy atom. The maximum absolute atomic E-state index is 11.9. The smallest absolute Gasteiger partial charge is 0.317 e. The van der Waals surface area contributed by atoms with E-state index in [0.717, 1.165) is 22.3 Å². The van der Waals surface area contributed by atoms with Crippen molar-refractivity contribution >= 4 is 23.7 Å². The number of rotatable bonds is 3. The molecule has 0 aliphatic carbocycles. The molecule has 0 fully saturated rings. The van der Waals surface area contributed by atoms with Gasteiger partial charge in [0.15, 0.2) is 0 Å². The summed E-state index contributed by atoms with van der Waals surface area (Å²) in [6.07, 6.45) is 1.49. The first-order valence-corrected chi connectivity index (χ1v) is 7.24. The van der Waals surface area contributed by atoms with Crippen molar-refractivity contribution in [2.45, 2.75) is 20.8 Å². The molecule has 0 aromatic heterocycles. The highest BCUT2D eigenvalue weighted by atomic mass is 16.2. The number of carbonyl (C=O) groups excluding carboxylic acids is 2. The fourth-order valence-corrected chi connectivity index (χ4v) is 1.92. The molecule has 23 heavy (non-hydrogen) atoms. The van der Waals surface area contributed by atoms with Gasteiger partial charge in [0.2, 0.25) is 0 Å². The topological polar surface area (TPSA) is 70.6 Å². The molecular formula is C18H19N3O2. The molecule has 2 aromatic carbocycles. The van der Waals surface area contributed by atoms with Crippen LogP contribution in [0.4, 0.5) is 5.69 Å². The molecule has 0 spiro atoms. The Balaban J connectivity index is 1.93. The summed E-state index contributed by atoms with van der Waals surface area (Å²) in [5.74, 6) is -1.56. The van der Waals surface area contributed by atoms with Crippen LogP contribution in [0.3, 0.4) is 0 Å². The first kappa shape index (κ1) is 16.4. The van der Waals surface area contributed by atoms with Crippen LogP contribution >= 0.6 is 0 Å². The Morgan fingerprint density at radius 1 is 0.913 bits per heavy atom. The molecule has 0 radical (unpaired) electrons. The van der Waals surface area contributed by atoms with Gasteiger partial charge in [-0.15, -0.1) is 0 Å². The van der Waals surface area contributed by atoms with Crippen LogP contribution in [-0.2, 0) is 9.59 Å². The van der Waals surface area contributed by atoms with Crippen LogP contribution in [0.1, 0.15) is 22.3 Å². The largest absolute Gasteiger partial charge is 0.329 e. The molecule has 5 heteroatoms. The molecule has 118 valence electrons. The Morgan fingerprint density at radius 3 is 2.26 bits per heavy atom. The van der Waals surface area contributed by atoms with Gasteiger partial charge in [-0.1, -0.05) is 42.0 Å². The van der Waals surface area contributed by atoms with Crippen molar-refractivity contribution in [3.05, 3.63) is 64.7 Å². The second-order valence-electron chi connectivity index (χ2n) is 5.38. The van der Waals surface area contributed by atoms with Crippen LogP contribution in [0.5, 0.6) is 0 Å². The molecule has 0 aliphatic rings. The van der Waals surface area contributed by atoms with Crippen LogP contribution in [0.25, 0.3) is 0 Å². The lowest BCUT2D eigenvalue weighted by Crippen LogP contribution is -2.32. The van der Waals surface area contributed by atoms with Crippen molar-refractivity contribution in [3.8, 4) is 0 Å². The molecule has 0 unspecified atom stereocenters. The minimum Gasteiger partial charge on any atom is -0.317 e. The summed E-state index contributed by atoms with van der Waals surface area (Å²) in [6, 6.07) is 13.3. The number of hydrogen-bond donors (Lipinski definition) is 2. The van der Waals surface area contributed by atoms with Crippen LogP contribution in [0.2, 0.25) is 0 Å².